The van der Waals surface area contributed by atoms with Crippen molar-refractivity contribution in [1.29, 1.82) is 0 Å². The van der Waals surface area contributed by atoms with E-state index in [-0.39, 0.29) is 18.0 Å². The number of carbonyl (C=O) groups excluding carboxylic acids is 1. The molecule has 23 heavy (non-hydrogen) atoms. The molecule has 0 radical (unpaired) electrons. The van der Waals surface area contributed by atoms with Crippen molar-refractivity contribution in [3.8, 4) is 11.8 Å². The smallest absolute Gasteiger partial charge is 0.245 e. The summed E-state index contributed by atoms with van der Waals surface area (Å²) in [6.45, 7) is 3.38. The number of amides is 1. The summed E-state index contributed by atoms with van der Waals surface area (Å²) < 4.78 is 26.5. The van der Waals surface area contributed by atoms with Gasteiger partial charge in [-0.3, -0.25) is 9.89 Å². The van der Waals surface area contributed by atoms with Crippen LogP contribution in [-0.2, 0) is 14.8 Å². The number of hydrogen-bond acceptors (Lipinski definition) is 4. The number of H-pyrrole nitrogens is 1. The summed E-state index contributed by atoms with van der Waals surface area (Å²) in [5.74, 6) is 4.93. The van der Waals surface area contributed by atoms with Gasteiger partial charge in [0.15, 0.2) is 0 Å². The normalized spacial score (nSPS) is 11.3. The second-order valence-corrected chi connectivity index (χ2v) is 7.08. The van der Waals surface area contributed by atoms with Crippen LogP contribution in [0.4, 0.5) is 0 Å². The van der Waals surface area contributed by atoms with Crippen molar-refractivity contribution in [3.63, 3.8) is 0 Å². The molecule has 8 heteroatoms. The summed E-state index contributed by atoms with van der Waals surface area (Å²) in [6.07, 6.45) is 1.57. The first-order valence-corrected chi connectivity index (χ1v) is 8.36. The molecule has 0 atom stereocenters. The lowest BCUT2D eigenvalue weighted by molar-refractivity contribution is -0.120. The van der Waals surface area contributed by atoms with E-state index in [4.69, 9.17) is 0 Å². The molecule has 0 spiro atoms. The van der Waals surface area contributed by atoms with Gasteiger partial charge in [0.1, 0.15) is 4.90 Å². The summed E-state index contributed by atoms with van der Waals surface area (Å²) in [5, 5.41) is 9.83. The first-order valence-electron chi connectivity index (χ1n) is 6.92. The van der Waals surface area contributed by atoms with Gasteiger partial charge < -0.3 is 5.32 Å². The van der Waals surface area contributed by atoms with E-state index in [0.29, 0.717) is 10.9 Å². The van der Waals surface area contributed by atoms with Gasteiger partial charge in [-0.25, -0.2) is 8.42 Å². The Bertz CT molecular complexity index is 890. The van der Waals surface area contributed by atoms with Crippen molar-refractivity contribution in [2.45, 2.75) is 18.7 Å². The highest BCUT2D eigenvalue weighted by molar-refractivity contribution is 7.89. The third kappa shape index (κ3) is 3.70. The fourth-order valence-electron chi connectivity index (χ4n) is 2.11. The number of nitrogens with zero attached hydrogens (tertiary/aromatic N) is 2. The van der Waals surface area contributed by atoms with Gasteiger partial charge in [0, 0.05) is 12.4 Å². The number of likely N-dealkylation sites (N-methyl/N-ethyl adjacent to an activating group) is 1. The minimum atomic E-state index is -3.82. The quantitative estimate of drug-likeness (QED) is 0.784. The van der Waals surface area contributed by atoms with Crippen LogP contribution in [0.3, 0.4) is 0 Å². The minimum Gasteiger partial charge on any atom is -0.344 e. The molecule has 1 aromatic heterocycles. The largest absolute Gasteiger partial charge is 0.344 e. The predicted octanol–water partition coefficient (Wildman–Crippen LogP) is 0.631. The number of rotatable bonds is 5. The average molecular weight is 334 g/mol. The zero-order chi connectivity index (χ0) is 17.0. The third-order valence-corrected chi connectivity index (χ3v) is 5.09. The molecular formula is C15H18N4O3S. The van der Waals surface area contributed by atoms with E-state index < -0.39 is 15.9 Å². The predicted molar refractivity (Wildman–Crippen MR) is 87.1 cm³/mol. The summed E-state index contributed by atoms with van der Waals surface area (Å²) >= 11 is 0. The van der Waals surface area contributed by atoms with Gasteiger partial charge in [-0.15, -0.1) is 5.92 Å². The molecule has 0 fully saturated rings. The van der Waals surface area contributed by atoms with E-state index in [0.717, 1.165) is 9.87 Å². The highest BCUT2D eigenvalue weighted by Gasteiger charge is 2.26. The van der Waals surface area contributed by atoms with Crippen LogP contribution in [-0.4, -0.2) is 49.0 Å². The summed E-state index contributed by atoms with van der Waals surface area (Å²) in [6, 6.07) is 3.40. The van der Waals surface area contributed by atoms with Gasteiger partial charge in [0.2, 0.25) is 15.9 Å². The van der Waals surface area contributed by atoms with Gasteiger partial charge >= 0.3 is 0 Å². The molecule has 2 rings (SSSR count). The molecule has 1 amide bonds. The number of fused-ring (bicyclic) bond motifs is 1. The lowest BCUT2D eigenvalue weighted by Crippen LogP contribution is -2.38. The molecule has 1 heterocycles. The lowest BCUT2D eigenvalue weighted by Gasteiger charge is -2.17. The first kappa shape index (κ1) is 17.0. The van der Waals surface area contributed by atoms with Gasteiger partial charge in [0.25, 0.3) is 0 Å². The van der Waals surface area contributed by atoms with Crippen LogP contribution in [0.1, 0.15) is 12.5 Å². The Labute approximate surface area is 135 Å². The molecule has 0 aliphatic rings. The maximum absolute atomic E-state index is 12.7. The molecule has 0 bridgehead atoms. The average Bonchev–Trinajstić information content (AvgIpc) is 2.94. The van der Waals surface area contributed by atoms with Crippen LogP contribution in [0.5, 0.6) is 0 Å². The highest BCUT2D eigenvalue weighted by atomic mass is 32.2. The van der Waals surface area contributed by atoms with Gasteiger partial charge in [0.05, 0.1) is 24.8 Å². The fraction of sp³-hybridized carbons (Fsp3) is 0.333. The van der Waals surface area contributed by atoms with E-state index in [9.17, 15) is 13.2 Å². The number of sulfonamides is 1. The van der Waals surface area contributed by atoms with Crippen molar-refractivity contribution in [1.82, 2.24) is 19.8 Å². The lowest BCUT2D eigenvalue weighted by atomic mass is 10.2. The SMILES string of the molecule is CC#CCNC(=O)CN(C)S(=O)(=O)c1cc(C)cc2cn[nH]c12. The Morgan fingerprint density at radius 2 is 2.17 bits per heavy atom. The number of nitrogens with one attached hydrogen (secondary N) is 2. The molecule has 0 saturated heterocycles. The van der Waals surface area contributed by atoms with Gasteiger partial charge in [-0.1, -0.05) is 5.92 Å². The van der Waals surface area contributed by atoms with Crippen LogP contribution in [0.25, 0.3) is 10.9 Å². The molecule has 0 saturated carbocycles. The number of carbonyl (C=O) groups is 1. The summed E-state index contributed by atoms with van der Waals surface area (Å²) in [5.41, 5.74) is 1.23. The van der Waals surface area contributed by atoms with E-state index in [2.05, 4.69) is 27.4 Å². The molecule has 0 aliphatic carbocycles. The highest BCUT2D eigenvalue weighted by Crippen LogP contribution is 2.25. The molecule has 122 valence electrons. The maximum atomic E-state index is 12.7. The van der Waals surface area contributed by atoms with Crippen molar-refractivity contribution < 1.29 is 13.2 Å². The van der Waals surface area contributed by atoms with E-state index in [1.165, 1.54) is 7.05 Å². The van der Waals surface area contributed by atoms with E-state index >= 15 is 0 Å². The third-order valence-electron chi connectivity index (χ3n) is 3.26. The molecule has 1 aromatic carbocycles. The first-order chi connectivity index (χ1) is 10.9. The number of hydrogen-bond donors (Lipinski definition) is 2. The second-order valence-electron chi connectivity index (χ2n) is 5.06. The Morgan fingerprint density at radius 3 is 2.87 bits per heavy atom. The fourth-order valence-corrected chi connectivity index (χ4v) is 3.49. The number of aromatic amines is 1. The Hall–Kier alpha value is -2.37. The molecule has 7 nitrogen and oxygen atoms in total. The number of aromatic nitrogens is 2. The van der Waals surface area contributed by atoms with Crippen molar-refractivity contribution in [2.75, 3.05) is 20.1 Å². The van der Waals surface area contributed by atoms with Crippen molar-refractivity contribution in [2.24, 2.45) is 0 Å². The second kappa shape index (κ2) is 6.81. The van der Waals surface area contributed by atoms with Crippen LogP contribution in [0.15, 0.2) is 23.2 Å². The summed E-state index contributed by atoms with van der Waals surface area (Å²) in [7, 11) is -2.45. The van der Waals surface area contributed by atoms with Crippen LogP contribution in [0.2, 0.25) is 0 Å². The van der Waals surface area contributed by atoms with Crippen molar-refractivity contribution in [3.05, 3.63) is 23.9 Å². The van der Waals surface area contributed by atoms with E-state index in [1.807, 2.05) is 13.0 Å². The van der Waals surface area contributed by atoms with Gasteiger partial charge in [-0.05, 0) is 31.5 Å². The molecular weight excluding hydrogens is 316 g/mol. The molecule has 0 unspecified atom stereocenters. The van der Waals surface area contributed by atoms with Crippen LogP contribution in [0, 0.1) is 18.8 Å². The van der Waals surface area contributed by atoms with Crippen LogP contribution >= 0.6 is 0 Å². The number of aryl methyl sites for hydroxylation is 1. The molecule has 2 N–H and O–H groups in total. The van der Waals surface area contributed by atoms with Gasteiger partial charge in [-0.2, -0.15) is 9.40 Å². The van der Waals surface area contributed by atoms with Crippen LogP contribution < -0.4 is 5.32 Å². The topological polar surface area (TPSA) is 95.2 Å². The molecule has 2 aromatic rings. The maximum Gasteiger partial charge on any atom is 0.245 e. The monoisotopic (exact) mass is 334 g/mol. The Morgan fingerprint density at radius 1 is 1.43 bits per heavy atom. The zero-order valence-electron chi connectivity index (χ0n) is 13.2. The summed E-state index contributed by atoms with van der Waals surface area (Å²) in [4.78, 5) is 11.9. The Balaban J connectivity index is 2.27. The zero-order valence-corrected chi connectivity index (χ0v) is 14.0. The van der Waals surface area contributed by atoms with Crippen molar-refractivity contribution >= 4 is 26.8 Å². The minimum absolute atomic E-state index is 0.105. The molecule has 0 aliphatic heterocycles. The van der Waals surface area contributed by atoms with E-state index in [1.54, 1.807) is 19.2 Å². The number of benzene rings is 1. The standard InChI is InChI=1S/C15H18N4O3S/c1-4-5-6-16-14(20)10-19(3)23(21,22)13-8-11(2)7-12-9-17-18-15(12)13/h7-9H,6,10H2,1-3H3,(H,16,20)(H,17,18). The Kier molecular flexibility index (Phi) is 5.03.